The molecule has 0 N–H and O–H groups in total. The van der Waals surface area contributed by atoms with Crippen LogP contribution in [0.5, 0.6) is 0 Å². The lowest BCUT2D eigenvalue weighted by Gasteiger charge is -2.26. The molecule has 16 heavy (non-hydrogen) atoms. The van der Waals surface area contributed by atoms with Crippen molar-refractivity contribution >= 4 is 21.5 Å². The second-order valence-electron chi connectivity index (χ2n) is 4.15. The standard InChI is InChI=1S/C10H17NO4S/c1-16(14,15)8-2-3-10(13)11-6-4-9(12)5-7-11/h2-8H2,1H3. The van der Waals surface area contributed by atoms with Gasteiger partial charge in [-0.25, -0.2) is 8.42 Å². The molecule has 0 aromatic carbocycles. The molecular formula is C10H17NO4S. The summed E-state index contributed by atoms with van der Waals surface area (Å²) in [5.74, 6) is 0.197. The Kier molecular flexibility index (Phi) is 4.46. The Hall–Kier alpha value is -0.910. The van der Waals surface area contributed by atoms with Crippen LogP contribution in [0.3, 0.4) is 0 Å². The lowest BCUT2D eigenvalue weighted by molar-refractivity contribution is -0.134. The maximum absolute atomic E-state index is 11.6. The van der Waals surface area contributed by atoms with E-state index in [2.05, 4.69) is 0 Å². The number of sulfone groups is 1. The Bertz CT molecular complexity index is 364. The van der Waals surface area contributed by atoms with Crippen LogP contribution in [0.4, 0.5) is 0 Å². The maximum Gasteiger partial charge on any atom is 0.222 e. The van der Waals surface area contributed by atoms with E-state index in [1.54, 1.807) is 4.90 Å². The van der Waals surface area contributed by atoms with Gasteiger partial charge in [0.1, 0.15) is 15.6 Å². The highest BCUT2D eigenvalue weighted by molar-refractivity contribution is 7.90. The Morgan fingerprint density at radius 1 is 1.31 bits per heavy atom. The number of rotatable bonds is 4. The van der Waals surface area contributed by atoms with Gasteiger partial charge in [0.2, 0.25) is 5.91 Å². The lowest BCUT2D eigenvalue weighted by atomic mass is 10.1. The number of hydrogen-bond acceptors (Lipinski definition) is 4. The minimum atomic E-state index is -2.98. The number of piperidine rings is 1. The van der Waals surface area contributed by atoms with Crippen LogP contribution in [0.25, 0.3) is 0 Å². The van der Waals surface area contributed by atoms with Gasteiger partial charge in [-0.2, -0.15) is 0 Å². The van der Waals surface area contributed by atoms with Gasteiger partial charge in [0.05, 0.1) is 5.75 Å². The third-order valence-corrected chi connectivity index (χ3v) is 3.61. The predicted molar refractivity (Wildman–Crippen MR) is 59.8 cm³/mol. The third kappa shape index (κ3) is 4.74. The Morgan fingerprint density at radius 2 is 1.88 bits per heavy atom. The molecule has 1 amide bonds. The molecule has 5 nitrogen and oxygen atoms in total. The van der Waals surface area contributed by atoms with E-state index in [4.69, 9.17) is 0 Å². The van der Waals surface area contributed by atoms with E-state index in [-0.39, 0.29) is 23.9 Å². The van der Waals surface area contributed by atoms with Crippen LogP contribution >= 0.6 is 0 Å². The number of carbonyl (C=O) groups is 2. The summed E-state index contributed by atoms with van der Waals surface area (Å²) in [4.78, 5) is 24.2. The van der Waals surface area contributed by atoms with Crippen molar-refractivity contribution in [1.29, 1.82) is 0 Å². The van der Waals surface area contributed by atoms with Gasteiger partial charge in [-0.3, -0.25) is 9.59 Å². The molecule has 0 bridgehead atoms. The first kappa shape index (κ1) is 13.2. The molecule has 0 aliphatic carbocycles. The van der Waals surface area contributed by atoms with Crippen molar-refractivity contribution in [3.63, 3.8) is 0 Å². The molecule has 0 spiro atoms. The first-order chi connectivity index (χ1) is 7.38. The average Bonchev–Trinajstić information content (AvgIpc) is 2.16. The van der Waals surface area contributed by atoms with Gasteiger partial charge in [0.25, 0.3) is 0 Å². The number of ketones is 1. The zero-order chi connectivity index (χ0) is 12.2. The second kappa shape index (κ2) is 5.43. The van der Waals surface area contributed by atoms with E-state index in [0.717, 1.165) is 6.26 Å². The summed E-state index contributed by atoms with van der Waals surface area (Å²) in [7, 11) is -2.98. The maximum atomic E-state index is 11.6. The number of amides is 1. The quantitative estimate of drug-likeness (QED) is 0.701. The normalized spacial score (nSPS) is 17.6. The Balaban J connectivity index is 2.28. The summed E-state index contributed by atoms with van der Waals surface area (Å²) in [6.45, 7) is 0.965. The Labute approximate surface area is 95.7 Å². The highest BCUT2D eigenvalue weighted by Crippen LogP contribution is 2.08. The van der Waals surface area contributed by atoms with Crippen LogP contribution in [0.15, 0.2) is 0 Å². The van der Waals surface area contributed by atoms with Gasteiger partial charge >= 0.3 is 0 Å². The molecule has 0 saturated carbocycles. The third-order valence-electron chi connectivity index (χ3n) is 2.58. The van der Waals surface area contributed by atoms with E-state index in [1.807, 2.05) is 0 Å². The molecule has 1 saturated heterocycles. The average molecular weight is 247 g/mol. The molecule has 1 aliphatic heterocycles. The van der Waals surface area contributed by atoms with Crippen molar-refractivity contribution in [3.8, 4) is 0 Å². The van der Waals surface area contributed by atoms with E-state index in [0.29, 0.717) is 32.4 Å². The number of Topliss-reactive ketones (excluding diaryl/α,β-unsaturated/α-hetero) is 1. The summed E-state index contributed by atoms with van der Waals surface area (Å²) in [6, 6.07) is 0. The zero-order valence-corrected chi connectivity index (χ0v) is 10.3. The van der Waals surface area contributed by atoms with Gasteiger partial charge in [0.15, 0.2) is 0 Å². The molecule has 0 aromatic heterocycles. The highest BCUT2D eigenvalue weighted by atomic mass is 32.2. The SMILES string of the molecule is CS(=O)(=O)CCCC(=O)N1CCC(=O)CC1. The molecule has 0 atom stereocenters. The molecule has 6 heteroatoms. The van der Waals surface area contributed by atoms with Crippen LogP contribution < -0.4 is 0 Å². The summed E-state index contributed by atoms with van der Waals surface area (Å²) in [5, 5.41) is 0. The zero-order valence-electron chi connectivity index (χ0n) is 9.44. The smallest absolute Gasteiger partial charge is 0.222 e. The summed E-state index contributed by atoms with van der Waals surface area (Å²) < 4.78 is 21.7. The lowest BCUT2D eigenvalue weighted by Crippen LogP contribution is -2.38. The molecule has 0 aromatic rings. The molecule has 1 rings (SSSR count). The van der Waals surface area contributed by atoms with E-state index in [1.165, 1.54) is 0 Å². The molecular weight excluding hydrogens is 230 g/mol. The molecule has 1 fully saturated rings. The fourth-order valence-corrected chi connectivity index (χ4v) is 2.32. The topological polar surface area (TPSA) is 71.5 Å². The van der Waals surface area contributed by atoms with Gasteiger partial charge in [-0.05, 0) is 6.42 Å². The van der Waals surface area contributed by atoms with Crippen molar-refractivity contribution in [3.05, 3.63) is 0 Å². The highest BCUT2D eigenvalue weighted by Gasteiger charge is 2.20. The monoisotopic (exact) mass is 247 g/mol. The van der Waals surface area contributed by atoms with Gasteiger partial charge in [0, 0.05) is 38.6 Å². The van der Waals surface area contributed by atoms with Crippen LogP contribution in [-0.2, 0) is 19.4 Å². The Morgan fingerprint density at radius 3 is 2.38 bits per heavy atom. The number of carbonyl (C=O) groups excluding carboxylic acids is 2. The molecule has 92 valence electrons. The molecule has 1 aliphatic rings. The number of hydrogen-bond donors (Lipinski definition) is 0. The van der Waals surface area contributed by atoms with Crippen LogP contribution in [-0.4, -0.2) is 50.1 Å². The van der Waals surface area contributed by atoms with E-state index < -0.39 is 9.84 Å². The first-order valence-corrected chi connectivity index (χ1v) is 7.42. The first-order valence-electron chi connectivity index (χ1n) is 5.36. The largest absolute Gasteiger partial charge is 0.342 e. The predicted octanol–water partition coefficient (Wildman–Crippen LogP) is 0.00270. The van der Waals surface area contributed by atoms with Crippen molar-refractivity contribution < 1.29 is 18.0 Å². The molecule has 0 unspecified atom stereocenters. The van der Waals surface area contributed by atoms with Gasteiger partial charge < -0.3 is 4.90 Å². The summed E-state index contributed by atoms with van der Waals surface area (Å²) in [6.07, 6.45) is 2.63. The summed E-state index contributed by atoms with van der Waals surface area (Å²) in [5.41, 5.74) is 0. The van der Waals surface area contributed by atoms with Crippen molar-refractivity contribution in [2.24, 2.45) is 0 Å². The van der Waals surface area contributed by atoms with Crippen molar-refractivity contribution in [1.82, 2.24) is 4.90 Å². The minimum Gasteiger partial charge on any atom is -0.342 e. The molecule has 0 radical (unpaired) electrons. The van der Waals surface area contributed by atoms with Crippen LogP contribution in [0, 0.1) is 0 Å². The van der Waals surface area contributed by atoms with Crippen LogP contribution in [0.1, 0.15) is 25.7 Å². The minimum absolute atomic E-state index is 0.0452. The summed E-state index contributed by atoms with van der Waals surface area (Å²) >= 11 is 0. The number of nitrogens with zero attached hydrogens (tertiary/aromatic N) is 1. The van der Waals surface area contributed by atoms with Gasteiger partial charge in [-0.15, -0.1) is 0 Å². The fourth-order valence-electron chi connectivity index (χ4n) is 1.65. The van der Waals surface area contributed by atoms with Crippen LogP contribution in [0.2, 0.25) is 0 Å². The fraction of sp³-hybridized carbons (Fsp3) is 0.800. The van der Waals surface area contributed by atoms with Gasteiger partial charge in [-0.1, -0.05) is 0 Å². The molecule has 1 heterocycles. The van der Waals surface area contributed by atoms with E-state index in [9.17, 15) is 18.0 Å². The second-order valence-corrected chi connectivity index (χ2v) is 6.41. The number of likely N-dealkylation sites (tertiary alicyclic amines) is 1. The van der Waals surface area contributed by atoms with Crippen molar-refractivity contribution in [2.75, 3.05) is 25.1 Å². The van der Waals surface area contributed by atoms with E-state index >= 15 is 0 Å². The van der Waals surface area contributed by atoms with Crippen molar-refractivity contribution in [2.45, 2.75) is 25.7 Å².